The van der Waals surface area contributed by atoms with Crippen LogP contribution in [0.5, 0.6) is 0 Å². The third kappa shape index (κ3) is 3.64. The van der Waals surface area contributed by atoms with Crippen LogP contribution in [0.3, 0.4) is 0 Å². The Morgan fingerprint density at radius 2 is 2.12 bits per heavy atom. The number of amides is 1. The number of carbonyl (C=O) groups excluding carboxylic acids is 1. The number of H-pyrrole nitrogens is 1. The van der Waals surface area contributed by atoms with Gasteiger partial charge < -0.3 is 4.98 Å². The van der Waals surface area contributed by atoms with Gasteiger partial charge in [-0.15, -0.1) is 11.3 Å². The summed E-state index contributed by atoms with van der Waals surface area (Å²) in [6, 6.07) is 12.9. The first-order valence-electron chi connectivity index (χ1n) is 7.18. The minimum absolute atomic E-state index is 0.0177. The third-order valence-electron chi connectivity index (χ3n) is 3.32. The Hall–Kier alpha value is -3.06. The van der Waals surface area contributed by atoms with E-state index in [1.807, 2.05) is 48.7 Å². The van der Waals surface area contributed by atoms with Crippen LogP contribution >= 0.6 is 11.3 Å². The molecule has 0 aliphatic rings. The molecule has 0 atom stereocenters. The molecule has 2 N–H and O–H groups in total. The fourth-order valence-corrected chi connectivity index (χ4v) is 2.79. The lowest BCUT2D eigenvalue weighted by molar-refractivity contribution is 0.0949. The van der Waals surface area contributed by atoms with Gasteiger partial charge in [-0.3, -0.25) is 4.79 Å². The summed E-state index contributed by atoms with van der Waals surface area (Å²) in [6.07, 6.45) is 1.56. The molecule has 0 bridgehead atoms. The molecule has 0 aliphatic heterocycles. The van der Waals surface area contributed by atoms with E-state index in [1.54, 1.807) is 6.21 Å². The quantitative estimate of drug-likeness (QED) is 0.566. The number of hydrazone groups is 1. The summed E-state index contributed by atoms with van der Waals surface area (Å²) in [6.45, 7) is 1.95. The van der Waals surface area contributed by atoms with Crippen LogP contribution in [0.15, 0.2) is 57.7 Å². The first kappa shape index (κ1) is 15.8. The maximum absolute atomic E-state index is 12.2. The van der Waals surface area contributed by atoms with E-state index >= 15 is 0 Å². The number of benzene rings is 1. The largest absolute Gasteiger partial charge is 0.346 e. The van der Waals surface area contributed by atoms with Crippen molar-refractivity contribution in [3.05, 3.63) is 75.1 Å². The van der Waals surface area contributed by atoms with Gasteiger partial charge in [-0.05, 0) is 35.6 Å². The zero-order valence-electron chi connectivity index (χ0n) is 12.8. The SMILES string of the molecule is Cc1ccccc1/C=N/NC(=O)c1cc(-c2cccs2)[nH]c(=O)n1. The Balaban J connectivity index is 1.78. The van der Waals surface area contributed by atoms with Crippen LogP contribution in [-0.2, 0) is 0 Å². The van der Waals surface area contributed by atoms with Gasteiger partial charge in [0.2, 0.25) is 0 Å². The molecule has 7 heteroatoms. The van der Waals surface area contributed by atoms with E-state index < -0.39 is 11.6 Å². The van der Waals surface area contributed by atoms with Gasteiger partial charge in [0.15, 0.2) is 0 Å². The molecule has 3 rings (SSSR count). The summed E-state index contributed by atoms with van der Waals surface area (Å²) in [7, 11) is 0. The van der Waals surface area contributed by atoms with Crippen LogP contribution in [0.25, 0.3) is 10.6 Å². The number of aromatic nitrogens is 2. The lowest BCUT2D eigenvalue weighted by atomic mass is 10.1. The van der Waals surface area contributed by atoms with Crippen molar-refractivity contribution in [1.29, 1.82) is 0 Å². The van der Waals surface area contributed by atoms with Crippen LogP contribution in [0, 0.1) is 6.92 Å². The number of carbonyl (C=O) groups is 1. The first-order valence-corrected chi connectivity index (χ1v) is 8.06. The molecule has 2 heterocycles. The molecule has 6 nitrogen and oxygen atoms in total. The number of aryl methyl sites for hydroxylation is 1. The van der Waals surface area contributed by atoms with Crippen molar-refractivity contribution >= 4 is 23.5 Å². The fourth-order valence-electron chi connectivity index (χ4n) is 2.09. The monoisotopic (exact) mass is 338 g/mol. The van der Waals surface area contributed by atoms with E-state index in [-0.39, 0.29) is 5.69 Å². The minimum Gasteiger partial charge on any atom is -0.305 e. The molecule has 1 amide bonds. The predicted octanol–water partition coefficient (Wildman–Crippen LogP) is 2.57. The second kappa shape index (κ2) is 7.01. The Labute approximate surface area is 141 Å². The number of aromatic amines is 1. The Bertz CT molecular complexity index is 945. The normalized spacial score (nSPS) is 10.9. The Kier molecular flexibility index (Phi) is 4.62. The van der Waals surface area contributed by atoms with E-state index in [0.717, 1.165) is 16.0 Å². The fraction of sp³-hybridized carbons (Fsp3) is 0.0588. The lowest BCUT2D eigenvalue weighted by Crippen LogP contribution is -2.24. The second-order valence-electron chi connectivity index (χ2n) is 5.02. The summed E-state index contributed by atoms with van der Waals surface area (Å²) in [5, 5.41) is 5.82. The lowest BCUT2D eigenvalue weighted by Gasteiger charge is -2.02. The molecule has 3 aromatic rings. The van der Waals surface area contributed by atoms with Gasteiger partial charge in [-0.2, -0.15) is 10.1 Å². The second-order valence-corrected chi connectivity index (χ2v) is 5.97. The molecular formula is C17H14N4O2S. The minimum atomic E-state index is -0.575. The molecule has 1 aromatic carbocycles. The summed E-state index contributed by atoms with van der Waals surface area (Å²) in [5.74, 6) is -0.538. The van der Waals surface area contributed by atoms with Crippen LogP contribution in [0.1, 0.15) is 21.6 Å². The highest BCUT2D eigenvalue weighted by molar-refractivity contribution is 7.13. The molecule has 0 spiro atoms. The molecule has 0 saturated carbocycles. The van der Waals surface area contributed by atoms with E-state index in [9.17, 15) is 9.59 Å². The van der Waals surface area contributed by atoms with Gasteiger partial charge in [-0.25, -0.2) is 10.2 Å². The van der Waals surface area contributed by atoms with E-state index in [0.29, 0.717) is 5.69 Å². The molecule has 24 heavy (non-hydrogen) atoms. The summed E-state index contributed by atoms with van der Waals surface area (Å²) in [5.41, 5.74) is 4.33. The summed E-state index contributed by atoms with van der Waals surface area (Å²) >= 11 is 1.46. The Morgan fingerprint density at radius 1 is 1.29 bits per heavy atom. The van der Waals surface area contributed by atoms with Crippen LogP contribution in [-0.4, -0.2) is 22.1 Å². The predicted molar refractivity (Wildman–Crippen MR) is 94.4 cm³/mol. The van der Waals surface area contributed by atoms with E-state index in [4.69, 9.17) is 0 Å². The smallest absolute Gasteiger partial charge is 0.305 e. The van der Waals surface area contributed by atoms with Crippen LogP contribution < -0.4 is 11.1 Å². The van der Waals surface area contributed by atoms with Gasteiger partial charge in [0.05, 0.1) is 16.8 Å². The van der Waals surface area contributed by atoms with Gasteiger partial charge >= 0.3 is 5.69 Å². The van der Waals surface area contributed by atoms with Gasteiger partial charge in [0.1, 0.15) is 5.69 Å². The van der Waals surface area contributed by atoms with Crippen molar-refractivity contribution < 1.29 is 4.79 Å². The highest BCUT2D eigenvalue weighted by Crippen LogP contribution is 2.21. The number of thiophene rings is 1. The number of nitrogens with one attached hydrogen (secondary N) is 2. The van der Waals surface area contributed by atoms with Gasteiger partial charge in [0.25, 0.3) is 5.91 Å². The zero-order chi connectivity index (χ0) is 16.9. The van der Waals surface area contributed by atoms with Crippen molar-refractivity contribution in [3.8, 4) is 10.6 Å². The molecular weight excluding hydrogens is 324 g/mol. The number of hydrogen-bond donors (Lipinski definition) is 2. The number of nitrogens with zero attached hydrogens (tertiary/aromatic N) is 2. The van der Waals surface area contributed by atoms with E-state index in [1.165, 1.54) is 17.4 Å². The van der Waals surface area contributed by atoms with E-state index in [2.05, 4.69) is 20.5 Å². The maximum atomic E-state index is 12.2. The highest BCUT2D eigenvalue weighted by Gasteiger charge is 2.11. The third-order valence-corrected chi connectivity index (χ3v) is 4.23. The van der Waals surface area contributed by atoms with Crippen molar-refractivity contribution in [1.82, 2.24) is 15.4 Å². The number of hydrogen-bond acceptors (Lipinski definition) is 5. The average Bonchev–Trinajstić information content (AvgIpc) is 3.10. The van der Waals surface area contributed by atoms with Crippen LogP contribution in [0.2, 0.25) is 0 Å². The highest BCUT2D eigenvalue weighted by atomic mass is 32.1. The standard InChI is InChI=1S/C17H14N4O2S/c1-11-5-2-3-6-12(11)10-18-21-16(22)14-9-13(19-17(23)20-14)15-7-4-8-24-15/h2-10H,1H3,(H,21,22)(H,19,20,23)/b18-10+. The average molecular weight is 338 g/mol. The zero-order valence-corrected chi connectivity index (χ0v) is 13.6. The molecule has 0 saturated heterocycles. The molecule has 0 fully saturated rings. The van der Waals surface area contributed by atoms with Crippen molar-refractivity contribution in [3.63, 3.8) is 0 Å². The Morgan fingerprint density at radius 3 is 2.88 bits per heavy atom. The first-order chi connectivity index (χ1) is 11.6. The van der Waals surface area contributed by atoms with Crippen molar-refractivity contribution in [2.24, 2.45) is 5.10 Å². The summed E-state index contributed by atoms with van der Waals surface area (Å²) < 4.78 is 0. The van der Waals surface area contributed by atoms with Crippen LogP contribution in [0.4, 0.5) is 0 Å². The topological polar surface area (TPSA) is 87.2 Å². The van der Waals surface area contributed by atoms with Crippen molar-refractivity contribution in [2.45, 2.75) is 6.92 Å². The molecule has 0 radical (unpaired) electrons. The van der Waals surface area contributed by atoms with Gasteiger partial charge in [-0.1, -0.05) is 30.3 Å². The molecule has 2 aromatic heterocycles. The summed E-state index contributed by atoms with van der Waals surface area (Å²) in [4.78, 5) is 31.0. The maximum Gasteiger partial charge on any atom is 0.346 e. The molecule has 120 valence electrons. The molecule has 0 unspecified atom stereocenters. The van der Waals surface area contributed by atoms with Gasteiger partial charge in [0, 0.05) is 0 Å². The molecule has 0 aliphatic carbocycles. The van der Waals surface area contributed by atoms with Crippen molar-refractivity contribution in [2.75, 3.05) is 0 Å². The number of rotatable bonds is 4.